The summed E-state index contributed by atoms with van der Waals surface area (Å²) in [5.41, 5.74) is 0. The van der Waals surface area contributed by atoms with Gasteiger partial charge in [0.15, 0.2) is 0 Å². The molecule has 0 fully saturated rings. The van der Waals surface area contributed by atoms with Gasteiger partial charge in [0.2, 0.25) is 0 Å². The molecule has 0 heterocycles. The monoisotopic (exact) mass is 333 g/mol. The number of nitriles is 3. The molecule has 0 amide bonds. The van der Waals surface area contributed by atoms with Crippen LogP contribution in [0.2, 0.25) is 0 Å². The van der Waals surface area contributed by atoms with Gasteiger partial charge >= 0.3 is 38.6 Å². The first-order chi connectivity index (χ1) is 4.24. The van der Waals surface area contributed by atoms with Crippen LogP contribution >= 0.6 is 0 Å². The van der Waals surface area contributed by atoms with Crippen molar-refractivity contribution in [2.24, 2.45) is 0 Å². The van der Waals surface area contributed by atoms with Gasteiger partial charge in [0.05, 0.1) is 0 Å². The van der Waals surface area contributed by atoms with Crippen LogP contribution in [0.4, 0.5) is 0 Å². The molecule has 0 radical (unpaired) electrons. The summed E-state index contributed by atoms with van der Waals surface area (Å²) in [6.45, 7) is 0. The van der Waals surface area contributed by atoms with E-state index in [1.807, 2.05) is 0 Å². The van der Waals surface area contributed by atoms with Gasteiger partial charge in [0.1, 0.15) is 0 Å². The third-order valence-electron chi connectivity index (χ3n) is 0. The van der Waals surface area contributed by atoms with Crippen LogP contribution in [0.15, 0.2) is 0 Å². The molecule has 0 atom stereocenters. The van der Waals surface area contributed by atoms with E-state index in [9.17, 15) is 0 Å². The molecule has 3 nitrogen and oxygen atoms in total. The van der Waals surface area contributed by atoms with E-state index in [0.717, 1.165) is 0 Å². The number of hydrogen-bond acceptors (Lipinski definition) is 6. The quantitative estimate of drug-likeness (QED) is 0.461. The minimum absolute atomic E-state index is 0. The molecule has 0 unspecified atom stereocenters. The second-order valence-corrected chi connectivity index (χ2v) is 0.822. The molecule has 0 bridgehead atoms. The van der Waals surface area contributed by atoms with Crippen LogP contribution in [-0.2, 0) is 37.9 Å². The van der Waals surface area contributed by atoms with Gasteiger partial charge in [-0.15, -0.1) is 0 Å². The molecule has 0 aromatic rings. The Balaban J connectivity index is -0.0000000257. The minimum atomic E-state index is 0. The first-order valence-electron chi connectivity index (χ1n) is 1.28. The first kappa shape index (κ1) is 22.4. The molecular weight excluding hydrogens is 333 g/mol. The summed E-state index contributed by atoms with van der Waals surface area (Å²) in [6.07, 6.45) is 0. The minimum Gasteiger partial charge on any atom is -0.696 e. The van der Waals surface area contributed by atoms with E-state index >= 15 is 0 Å². The van der Waals surface area contributed by atoms with Crippen molar-refractivity contribution in [2.75, 3.05) is 0 Å². The number of rotatable bonds is 0. The maximum absolute atomic E-state index is 7.13. The van der Waals surface area contributed by atoms with Gasteiger partial charge in [-0.1, -0.05) is 16.2 Å². The van der Waals surface area contributed by atoms with Crippen LogP contribution in [0.1, 0.15) is 0 Å². The second kappa shape index (κ2) is 57.2. The molecule has 0 N–H and O–H groups in total. The van der Waals surface area contributed by atoms with Crippen molar-refractivity contribution in [1.29, 1.82) is 15.8 Å². The maximum Gasteiger partial charge on any atom is 3.00 e. The van der Waals surface area contributed by atoms with Gasteiger partial charge in [0.25, 0.3) is 0 Å². The van der Waals surface area contributed by atoms with E-state index in [1.165, 1.54) is 16.2 Å². The van der Waals surface area contributed by atoms with Crippen molar-refractivity contribution in [1.82, 2.24) is 0 Å². The van der Waals surface area contributed by atoms with Crippen molar-refractivity contribution in [3.05, 3.63) is 0 Å². The van der Waals surface area contributed by atoms with Crippen LogP contribution in [0, 0.1) is 70.6 Å². The Labute approximate surface area is 107 Å². The molecule has 10 heavy (non-hydrogen) atoms. The Morgan fingerprint density at radius 3 is 0.700 bits per heavy atom. The summed E-state index contributed by atoms with van der Waals surface area (Å²) in [4.78, 5) is 0. The molecule has 0 saturated carbocycles. The molecule has 0 spiro atoms. The van der Waals surface area contributed by atoms with Gasteiger partial charge in [-0.3, -0.25) is 0 Å². The molecule has 0 aromatic carbocycles. The predicted molar refractivity (Wildman–Crippen MR) is 38.9 cm³/mol. The summed E-state index contributed by atoms with van der Waals surface area (Å²) in [5.74, 6) is 0. The molecule has 0 aliphatic carbocycles. The fourth-order valence-corrected chi connectivity index (χ4v) is 0. The van der Waals surface area contributed by atoms with Crippen LogP contribution in [0.5, 0.6) is 0 Å². The molecular formula is C3N3S3Tb. The molecule has 7 heteroatoms. The van der Waals surface area contributed by atoms with Crippen molar-refractivity contribution in [2.45, 2.75) is 0 Å². The van der Waals surface area contributed by atoms with Crippen molar-refractivity contribution in [3.8, 4) is 16.2 Å². The molecule has 0 aliphatic heterocycles. The average Bonchev–Trinajstić information content (AvgIpc) is 1.70. The zero-order valence-corrected chi connectivity index (χ0v) is 8.99. The molecule has 0 rings (SSSR count). The van der Waals surface area contributed by atoms with E-state index in [2.05, 4.69) is 37.9 Å². The average molecular weight is 333 g/mol. The Morgan fingerprint density at radius 2 is 0.700 bits per heavy atom. The zero-order chi connectivity index (χ0) is 8.12. The smallest absolute Gasteiger partial charge is 0.696 e. The molecule has 54 valence electrons. The Morgan fingerprint density at radius 1 is 0.700 bits per heavy atom. The fourth-order valence-electron chi connectivity index (χ4n) is 0. The summed E-state index contributed by atoms with van der Waals surface area (Å²) in [7, 11) is 0. The van der Waals surface area contributed by atoms with Crippen LogP contribution in [0.25, 0.3) is 0 Å². The van der Waals surface area contributed by atoms with E-state index in [1.54, 1.807) is 0 Å². The summed E-state index contributed by atoms with van der Waals surface area (Å²) < 4.78 is 0. The maximum atomic E-state index is 7.13. The van der Waals surface area contributed by atoms with E-state index in [4.69, 9.17) is 15.8 Å². The van der Waals surface area contributed by atoms with Crippen LogP contribution in [0.3, 0.4) is 0 Å². The van der Waals surface area contributed by atoms with Gasteiger partial charge in [0, 0.05) is 0 Å². The summed E-state index contributed by atoms with van der Waals surface area (Å²) in [6, 6.07) is 0. The third kappa shape index (κ3) is 2680. The second-order valence-electron chi connectivity index (χ2n) is 0.274. The van der Waals surface area contributed by atoms with Gasteiger partial charge in [-0.25, -0.2) is 15.8 Å². The fraction of sp³-hybridized carbons (Fsp3) is 0. The largest absolute Gasteiger partial charge is 3.00 e. The predicted octanol–water partition coefficient (Wildman–Crippen LogP) is 0.0431. The van der Waals surface area contributed by atoms with E-state index in [-0.39, 0.29) is 38.6 Å². The SMILES string of the molecule is N#C[S-].N#C[S-].N#C[S-].[Tb+3]. The zero-order valence-electron chi connectivity index (χ0n) is 4.40. The van der Waals surface area contributed by atoms with Crippen LogP contribution in [-0.4, -0.2) is 0 Å². The first-order valence-corrected chi connectivity index (χ1v) is 2.51. The number of nitrogens with zero attached hydrogens (tertiary/aromatic N) is 3. The van der Waals surface area contributed by atoms with E-state index in [0.29, 0.717) is 0 Å². The summed E-state index contributed by atoms with van der Waals surface area (Å²) in [5, 5.41) is 25.4. The molecule has 0 saturated heterocycles. The third-order valence-corrected chi connectivity index (χ3v) is 0. The van der Waals surface area contributed by atoms with Crippen molar-refractivity contribution >= 4 is 37.9 Å². The Bertz CT molecular complexity index is 112. The van der Waals surface area contributed by atoms with Crippen LogP contribution < -0.4 is 0 Å². The van der Waals surface area contributed by atoms with Gasteiger partial charge in [-0.2, -0.15) is 0 Å². The summed E-state index contributed by atoms with van der Waals surface area (Å²) >= 11 is 11.1. The topological polar surface area (TPSA) is 71.4 Å². The molecule has 0 aromatic heterocycles. The van der Waals surface area contributed by atoms with E-state index < -0.39 is 0 Å². The number of hydrogen-bond donors (Lipinski definition) is 0. The van der Waals surface area contributed by atoms with Gasteiger partial charge in [-0.05, 0) is 0 Å². The Hall–Kier alpha value is 0.416. The van der Waals surface area contributed by atoms with Crippen molar-refractivity contribution in [3.63, 3.8) is 0 Å². The Kier molecular flexibility index (Phi) is 128. The van der Waals surface area contributed by atoms with Crippen molar-refractivity contribution < 1.29 is 38.6 Å². The van der Waals surface area contributed by atoms with Gasteiger partial charge < -0.3 is 37.9 Å². The number of thiocyanates is 3. The normalized spacial score (nSPS) is 2.10. The standard InChI is InChI=1S/3CHNS.Tb/c3*2-1-3;/h3*3H;/q;;;+3/p-3. The molecule has 0 aliphatic rings.